The zero-order chi connectivity index (χ0) is 9.67. The average molecular weight is 248 g/mol. The first kappa shape index (κ1) is 5.88. The van der Waals surface area contributed by atoms with Crippen LogP contribution in [0.3, 0.4) is 0 Å². The standard InChI is InChI=1S/2C5H5.BH3O3.Fe/c2*1-2-4-5-3-1;2-1(3)4;/h2*1-5H;2-4H;. The van der Waals surface area contributed by atoms with Crippen LogP contribution in [0.15, 0.2) is 0 Å². The Morgan fingerprint density at radius 3 is 0.667 bits per heavy atom. The predicted molar refractivity (Wildman–Crippen MR) is 49.9 cm³/mol. The molecule has 10 saturated heterocycles. The van der Waals surface area contributed by atoms with Crippen molar-refractivity contribution in [3.63, 3.8) is 0 Å². The molecule has 0 aromatic carbocycles. The van der Waals surface area contributed by atoms with Gasteiger partial charge >= 0.3 is 62.0 Å². The molecular weight excluding hydrogens is 235 g/mol. The van der Waals surface area contributed by atoms with Crippen LogP contribution in [0.1, 0.15) is 0 Å². The summed E-state index contributed by atoms with van der Waals surface area (Å²) in [5, 5.41) is 21.5. The molecule has 10 fully saturated rings. The van der Waals surface area contributed by atoms with Crippen LogP contribution in [0, 0.1) is 0 Å². The minimum atomic E-state index is -2.28. The van der Waals surface area contributed by atoms with Gasteiger partial charge in [-0.25, -0.2) is 0 Å². The van der Waals surface area contributed by atoms with Crippen LogP contribution in [0.2, 0.25) is 48.2 Å². The van der Waals surface area contributed by atoms with Crippen LogP contribution in [0.25, 0.3) is 0 Å². The molecule has 10 heterocycles. The predicted octanol–water partition coefficient (Wildman–Crippen LogP) is 1.32. The summed E-state index contributed by atoms with van der Waals surface area (Å²) in [7, 11) is -2.17. The zero-order valence-electron chi connectivity index (χ0n) is 8.05. The molecule has 15 heavy (non-hydrogen) atoms. The Hall–Kier alpha value is 0.464. The molecule has 0 radical (unpaired) electrons. The molecule has 3 nitrogen and oxygen atoms in total. The van der Waals surface area contributed by atoms with Gasteiger partial charge in [0.25, 0.3) is 0 Å². The molecule has 0 aromatic heterocycles. The fraction of sp³-hybridized carbons (Fsp3) is 1.00. The van der Waals surface area contributed by atoms with E-state index in [0.717, 1.165) is 0 Å². The van der Waals surface area contributed by atoms with Gasteiger partial charge in [-0.1, -0.05) is 0 Å². The van der Waals surface area contributed by atoms with Gasteiger partial charge in [0.1, 0.15) is 0 Å². The Morgan fingerprint density at radius 2 is 0.667 bits per heavy atom. The van der Waals surface area contributed by atoms with E-state index in [-0.39, 0.29) is 0 Å². The first-order valence-electron chi connectivity index (χ1n) is 6.15. The fourth-order valence-electron chi connectivity index (χ4n) is 15.8. The van der Waals surface area contributed by atoms with Gasteiger partial charge in [0.2, 0.25) is 0 Å². The molecule has 5 heteroatoms. The molecule has 0 bridgehead atoms. The molecule has 0 aromatic rings. The first-order chi connectivity index (χ1) is 6.89. The maximum atomic E-state index is 7.17. The van der Waals surface area contributed by atoms with Gasteiger partial charge in [-0.2, -0.15) is 0 Å². The summed E-state index contributed by atoms with van der Waals surface area (Å²) < 4.78 is 0. The van der Waals surface area contributed by atoms with Gasteiger partial charge in [0, 0.05) is 0 Å². The second-order valence-electron chi connectivity index (χ2n) is 9.93. The second kappa shape index (κ2) is 0.426. The van der Waals surface area contributed by atoms with E-state index in [1.807, 2.05) is 0 Å². The van der Waals surface area contributed by atoms with E-state index in [9.17, 15) is 0 Å². The van der Waals surface area contributed by atoms with Crippen LogP contribution < -0.4 is 0 Å². The zero-order valence-corrected chi connectivity index (χ0v) is 9.15. The first-order valence-corrected chi connectivity index (χ1v) is 12.5. The normalized spacial score (nSPS) is 127. The molecule has 10 aliphatic rings. The van der Waals surface area contributed by atoms with Gasteiger partial charge < -0.3 is 15.1 Å². The van der Waals surface area contributed by atoms with Crippen molar-refractivity contribution < 1.29 is 21.6 Å². The Labute approximate surface area is 77.3 Å². The van der Waals surface area contributed by atoms with E-state index < -0.39 is 13.8 Å². The number of rotatable bonds is 0. The van der Waals surface area contributed by atoms with E-state index in [4.69, 9.17) is 15.1 Å². The monoisotopic (exact) mass is 248 g/mol. The van der Waals surface area contributed by atoms with E-state index >= 15 is 0 Å². The van der Waals surface area contributed by atoms with Crippen LogP contribution in [-0.4, -0.2) is 22.4 Å². The summed E-state index contributed by atoms with van der Waals surface area (Å²) in [6.45, 7) is -2.28. The Bertz CT molecular complexity index is 630. The molecule has 10 aliphatic heterocycles. The number of hydrogen-bond donors (Lipinski definition) is 3. The summed E-state index contributed by atoms with van der Waals surface area (Å²) in [5.41, 5.74) is 0. The molecule has 0 saturated carbocycles. The van der Waals surface area contributed by atoms with Crippen molar-refractivity contribution in [3.05, 3.63) is 0 Å². The third-order valence-electron chi connectivity index (χ3n) is 14.5. The average Bonchev–Trinajstić information content (AvgIpc) is 3.13. The number of fused-ring (bicyclic) bond motifs is 10. The molecule has 3 N–H and O–H groups in total. The van der Waals surface area contributed by atoms with Crippen molar-refractivity contribution in [2.24, 2.45) is 0 Å². The van der Waals surface area contributed by atoms with Crippen LogP contribution in [0.5, 0.6) is 0 Å². The Morgan fingerprint density at radius 1 is 0.533 bits per heavy atom. The van der Waals surface area contributed by atoms with Crippen molar-refractivity contribution in [3.8, 4) is 0 Å². The molecule has 82 valence electrons. The van der Waals surface area contributed by atoms with E-state index in [1.165, 1.54) is 0 Å². The second-order valence-corrected chi connectivity index (χ2v) is 33.9. The van der Waals surface area contributed by atoms with E-state index in [0.29, 0.717) is 0 Å². The summed E-state index contributed by atoms with van der Waals surface area (Å²) in [5.74, 6) is 0. The van der Waals surface area contributed by atoms with Crippen molar-refractivity contribution in [2.45, 2.75) is 48.2 Å². The third-order valence-corrected chi connectivity index (χ3v) is 56.5. The van der Waals surface area contributed by atoms with Gasteiger partial charge in [0.05, 0.1) is 0 Å². The molecule has 0 unspecified atom stereocenters. The van der Waals surface area contributed by atoms with E-state index in [2.05, 4.69) is 0 Å². The summed E-state index contributed by atoms with van der Waals surface area (Å²) in [4.78, 5) is 15.9. The maximum absolute atomic E-state index is 7.17. The van der Waals surface area contributed by atoms with Crippen molar-refractivity contribution in [2.75, 3.05) is 0 Å². The third kappa shape index (κ3) is 0.0559. The summed E-state index contributed by atoms with van der Waals surface area (Å²) in [6.07, 6.45) is 0. The number of hydrogen-bond acceptors (Lipinski definition) is 3. The van der Waals surface area contributed by atoms with Crippen molar-refractivity contribution in [1.82, 2.24) is 0 Å². The van der Waals surface area contributed by atoms with E-state index in [1.54, 1.807) is 48.2 Å². The van der Waals surface area contributed by atoms with Gasteiger partial charge in [-0.15, -0.1) is 0 Å². The molecule has 0 aliphatic carbocycles. The Kier molecular flexibility index (Phi) is 0.167. The SMILES string of the molecule is OB(O)O.[CH]12[CH]3[CH]4[CH]5[CH]1[Fe]23451678[CH]2[CH]1[CH]6[CH]7[CH]28. The van der Waals surface area contributed by atoms with Crippen LogP contribution in [0.4, 0.5) is 0 Å². The minimum absolute atomic E-state index is 1.59. The van der Waals surface area contributed by atoms with Crippen LogP contribution in [-0.2, 0) is 6.51 Å². The molecule has 10 rings (SSSR count). The Balaban J connectivity index is 0.000000121. The topological polar surface area (TPSA) is 60.7 Å². The fourth-order valence-corrected chi connectivity index (χ4v) is 88.0. The summed E-state index contributed by atoms with van der Waals surface area (Å²) in [6, 6.07) is 0. The molecule has 0 atom stereocenters. The van der Waals surface area contributed by atoms with Crippen molar-refractivity contribution >= 4 is 7.32 Å². The van der Waals surface area contributed by atoms with Gasteiger partial charge in [-0.05, 0) is 0 Å². The quantitative estimate of drug-likeness (QED) is 0.566. The summed E-state index contributed by atoms with van der Waals surface area (Å²) >= 11 is 0. The van der Waals surface area contributed by atoms with Gasteiger partial charge in [-0.3, -0.25) is 0 Å². The molecular formula is C10H13BFeO3. The van der Waals surface area contributed by atoms with Crippen LogP contribution >= 0.6 is 0 Å². The molecule has 1 spiro atoms. The van der Waals surface area contributed by atoms with Crippen molar-refractivity contribution in [1.29, 1.82) is 0 Å². The molecule has 0 amide bonds. The van der Waals surface area contributed by atoms with Gasteiger partial charge in [0.15, 0.2) is 0 Å².